The Hall–Kier alpha value is -1.22. The Kier molecular flexibility index (Phi) is 4.39. The predicted octanol–water partition coefficient (Wildman–Crippen LogP) is 3.66. The predicted molar refractivity (Wildman–Crippen MR) is 83.5 cm³/mol. The number of fused-ring (bicyclic) bond motifs is 2. The Balaban J connectivity index is 1.47. The van der Waals surface area contributed by atoms with Gasteiger partial charge in [0, 0.05) is 6.04 Å². The van der Waals surface area contributed by atoms with Gasteiger partial charge < -0.3 is 10.1 Å². The largest absolute Gasteiger partial charge is 0.482 e. The molecule has 0 radical (unpaired) electrons. The average Bonchev–Trinajstić information content (AvgIpc) is 3.09. The summed E-state index contributed by atoms with van der Waals surface area (Å²) in [6.07, 6.45) is 5.36. The molecule has 2 aliphatic carbocycles. The second kappa shape index (κ2) is 6.27. The highest BCUT2D eigenvalue weighted by Crippen LogP contribution is 2.49. The van der Waals surface area contributed by atoms with Gasteiger partial charge in [0.25, 0.3) is 5.91 Å². The maximum atomic E-state index is 12.0. The van der Waals surface area contributed by atoms with Gasteiger partial charge in [-0.2, -0.15) is 0 Å². The van der Waals surface area contributed by atoms with Crippen LogP contribution in [0, 0.1) is 17.8 Å². The second-order valence-electron chi connectivity index (χ2n) is 6.41. The van der Waals surface area contributed by atoms with E-state index in [1.807, 2.05) is 12.1 Å². The Labute approximate surface area is 131 Å². The zero-order valence-electron chi connectivity index (χ0n) is 12.3. The van der Waals surface area contributed by atoms with Gasteiger partial charge in [0.05, 0.1) is 5.02 Å². The molecule has 1 amide bonds. The van der Waals surface area contributed by atoms with E-state index in [1.54, 1.807) is 12.1 Å². The summed E-state index contributed by atoms with van der Waals surface area (Å²) >= 11 is 6.00. The van der Waals surface area contributed by atoms with E-state index in [9.17, 15) is 4.79 Å². The normalized spacial score (nSPS) is 28.4. The molecule has 2 saturated carbocycles. The molecule has 0 aromatic heterocycles. The van der Waals surface area contributed by atoms with Gasteiger partial charge >= 0.3 is 0 Å². The number of rotatable bonds is 5. The van der Waals surface area contributed by atoms with Crippen molar-refractivity contribution in [2.45, 2.75) is 38.6 Å². The van der Waals surface area contributed by atoms with Crippen molar-refractivity contribution in [3.8, 4) is 5.75 Å². The van der Waals surface area contributed by atoms with Gasteiger partial charge in [-0.3, -0.25) is 4.79 Å². The van der Waals surface area contributed by atoms with Crippen LogP contribution in [0.4, 0.5) is 0 Å². The van der Waals surface area contributed by atoms with Crippen LogP contribution in [-0.2, 0) is 4.79 Å². The molecule has 2 aliphatic rings. The second-order valence-corrected chi connectivity index (χ2v) is 6.82. The Morgan fingerprint density at radius 1 is 1.38 bits per heavy atom. The molecule has 4 heteroatoms. The first-order valence-corrected chi connectivity index (χ1v) is 8.18. The van der Waals surface area contributed by atoms with Crippen LogP contribution in [0.25, 0.3) is 0 Å². The third-order valence-electron chi connectivity index (χ3n) is 5.02. The fourth-order valence-corrected chi connectivity index (χ4v) is 4.20. The fourth-order valence-electron chi connectivity index (χ4n) is 4.01. The number of carbonyl (C=O) groups excluding carboxylic acids is 1. The molecule has 0 unspecified atom stereocenters. The Morgan fingerprint density at radius 3 is 2.86 bits per heavy atom. The highest BCUT2D eigenvalue weighted by molar-refractivity contribution is 6.32. The van der Waals surface area contributed by atoms with E-state index >= 15 is 0 Å². The number of nitrogens with one attached hydrogen (secondary N) is 1. The maximum Gasteiger partial charge on any atom is 0.258 e. The summed E-state index contributed by atoms with van der Waals surface area (Å²) in [5.41, 5.74) is 0. The first-order chi connectivity index (χ1) is 10.1. The molecule has 0 saturated heterocycles. The third-order valence-corrected chi connectivity index (χ3v) is 5.33. The van der Waals surface area contributed by atoms with Crippen molar-refractivity contribution >= 4 is 17.5 Å². The molecule has 1 N–H and O–H groups in total. The van der Waals surface area contributed by atoms with E-state index in [1.165, 1.54) is 25.7 Å². The number of hydrogen-bond acceptors (Lipinski definition) is 2. The highest BCUT2D eigenvalue weighted by atomic mass is 35.5. The summed E-state index contributed by atoms with van der Waals surface area (Å²) < 4.78 is 5.48. The van der Waals surface area contributed by atoms with Gasteiger partial charge in [-0.25, -0.2) is 0 Å². The van der Waals surface area contributed by atoms with Crippen molar-refractivity contribution < 1.29 is 9.53 Å². The lowest BCUT2D eigenvalue weighted by Gasteiger charge is -2.28. The lowest BCUT2D eigenvalue weighted by Crippen LogP contribution is -2.42. The van der Waals surface area contributed by atoms with Crippen molar-refractivity contribution in [1.29, 1.82) is 0 Å². The minimum absolute atomic E-state index is 0.0227. The Morgan fingerprint density at radius 2 is 2.19 bits per heavy atom. The van der Waals surface area contributed by atoms with Crippen molar-refractivity contribution in [2.24, 2.45) is 17.8 Å². The number of halogens is 1. The van der Waals surface area contributed by atoms with Crippen molar-refractivity contribution in [1.82, 2.24) is 5.32 Å². The van der Waals surface area contributed by atoms with Gasteiger partial charge in [0.2, 0.25) is 0 Å². The molecule has 1 aromatic rings. The smallest absolute Gasteiger partial charge is 0.258 e. The molecular weight excluding hydrogens is 286 g/mol. The minimum atomic E-state index is -0.0646. The molecule has 0 spiro atoms. The van der Waals surface area contributed by atoms with Crippen LogP contribution in [0.3, 0.4) is 0 Å². The van der Waals surface area contributed by atoms with Gasteiger partial charge in [-0.05, 0) is 56.1 Å². The van der Waals surface area contributed by atoms with E-state index in [4.69, 9.17) is 16.3 Å². The van der Waals surface area contributed by atoms with Crippen LogP contribution in [0.1, 0.15) is 32.6 Å². The first-order valence-electron chi connectivity index (χ1n) is 7.80. The van der Waals surface area contributed by atoms with Gasteiger partial charge in [0.15, 0.2) is 6.61 Å². The molecule has 2 bridgehead atoms. The SMILES string of the molecule is C[C@H](NC(=O)COc1ccccc1Cl)[C@H]1C[C@@H]2CC[C@@H]1C2. The molecule has 3 nitrogen and oxygen atoms in total. The maximum absolute atomic E-state index is 12.0. The first kappa shape index (κ1) is 14.7. The topological polar surface area (TPSA) is 38.3 Å². The molecule has 21 heavy (non-hydrogen) atoms. The van der Waals surface area contributed by atoms with E-state index in [0.717, 1.165) is 11.8 Å². The molecule has 4 atom stereocenters. The standard InChI is InChI=1S/C17H22ClNO2/c1-11(14-9-12-6-7-13(14)8-12)19-17(20)10-21-16-5-3-2-4-15(16)18/h2-5,11-14H,6-10H2,1H3,(H,19,20)/t11-,12+,13+,14+/m0/s1. The van der Waals surface area contributed by atoms with Crippen LogP contribution < -0.4 is 10.1 Å². The zero-order valence-corrected chi connectivity index (χ0v) is 13.1. The zero-order chi connectivity index (χ0) is 14.8. The third kappa shape index (κ3) is 3.34. The lowest BCUT2D eigenvalue weighted by atomic mass is 9.84. The van der Waals surface area contributed by atoms with Crippen LogP contribution in [0.2, 0.25) is 5.02 Å². The van der Waals surface area contributed by atoms with E-state index in [2.05, 4.69) is 12.2 Å². The number of carbonyl (C=O) groups is 1. The summed E-state index contributed by atoms with van der Waals surface area (Å²) in [5, 5.41) is 3.62. The highest BCUT2D eigenvalue weighted by Gasteiger charge is 2.42. The van der Waals surface area contributed by atoms with Crippen LogP contribution in [-0.4, -0.2) is 18.6 Å². The molecule has 114 valence electrons. The summed E-state index contributed by atoms with van der Waals surface area (Å²) in [5.74, 6) is 2.86. The number of ether oxygens (including phenoxy) is 1. The monoisotopic (exact) mass is 307 g/mol. The average molecular weight is 308 g/mol. The van der Waals surface area contributed by atoms with Crippen LogP contribution in [0.5, 0.6) is 5.75 Å². The van der Waals surface area contributed by atoms with Gasteiger partial charge in [-0.1, -0.05) is 30.2 Å². The number of benzene rings is 1. The fraction of sp³-hybridized carbons (Fsp3) is 0.588. The number of amides is 1. The van der Waals surface area contributed by atoms with Crippen LogP contribution in [0.15, 0.2) is 24.3 Å². The van der Waals surface area contributed by atoms with Crippen LogP contribution >= 0.6 is 11.6 Å². The molecule has 1 aromatic carbocycles. The summed E-state index contributed by atoms with van der Waals surface area (Å²) in [7, 11) is 0. The molecule has 0 aliphatic heterocycles. The van der Waals surface area contributed by atoms with Crippen molar-refractivity contribution in [3.63, 3.8) is 0 Å². The molecule has 3 rings (SSSR count). The summed E-state index contributed by atoms with van der Waals surface area (Å²) in [6, 6.07) is 7.45. The Bertz CT molecular complexity index is 519. The lowest BCUT2D eigenvalue weighted by molar-refractivity contribution is -0.124. The minimum Gasteiger partial charge on any atom is -0.482 e. The molecule has 0 heterocycles. The quantitative estimate of drug-likeness (QED) is 0.901. The van der Waals surface area contributed by atoms with E-state index < -0.39 is 0 Å². The van der Waals surface area contributed by atoms with E-state index in [0.29, 0.717) is 16.7 Å². The van der Waals surface area contributed by atoms with Gasteiger partial charge in [-0.15, -0.1) is 0 Å². The van der Waals surface area contributed by atoms with Crippen molar-refractivity contribution in [3.05, 3.63) is 29.3 Å². The van der Waals surface area contributed by atoms with Gasteiger partial charge in [0.1, 0.15) is 5.75 Å². The van der Waals surface area contributed by atoms with Crippen molar-refractivity contribution in [2.75, 3.05) is 6.61 Å². The molecule has 2 fully saturated rings. The number of para-hydroxylation sites is 1. The molecular formula is C17H22ClNO2. The summed E-state index contributed by atoms with van der Waals surface area (Å²) in [4.78, 5) is 12.0. The summed E-state index contributed by atoms with van der Waals surface area (Å²) in [6.45, 7) is 2.15. The number of hydrogen-bond donors (Lipinski definition) is 1. The van der Waals surface area contributed by atoms with E-state index in [-0.39, 0.29) is 18.6 Å².